The molecule has 0 aromatic heterocycles. The van der Waals surface area contributed by atoms with Gasteiger partial charge in [-0.05, 0) is 17.5 Å². The summed E-state index contributed by atoms with van der Waals surface area (Å²) in [4.78, 5) is 12.2. The third kappa shape index (κ3) is 2.09. The quantitative estimate of drug-likeness (QED) is 0.876. The molecular weight excluding hydrogens is 220 g/mol. The van der Waals surface area contributed by atoms with Crippen LogP contribution < -0.4 is 0 Å². The van der Waals surface area contributed by atoms with Crippen LogP contribution >= 0.6 is 11.8 Å². The van der Waals surface area contributed by atoms with Crippen LogP contribution in [0.2, 0.25) is 0 Å². The van der Waals surface area contributed by atoms with Crippen LogP contribution in [0.1, 0.15) is 31.4 Å². The lowest BCUT2D eigenvalue weighted by Crippen LogP contribution is -2.22. The Morgan fingerprint density at radius 3 is 2.94 bits per heavy atom. The van der Waals surface area contributed by atoms with E-state index in [0.29, 0.717) is 0 Å². The van der Waals surface area contributed by atoms with Crippen LogP contribution in [0, 0.1) is 0 Å². The molecule has 0 radical (unpaired) electrons. The number of rotatable bonds is 3. The van der Waals surface area contributed by atoms with Crippen molar-refractivity contribution in [2.75, 3.05) is 5.75 Å². The minimum atomic E-state index is -0.731. The summed E-state index contributed by atoms with van der Waals surface area (Å²) in [7, 11) is 0. The van der Waals surface area contributed by atoms with Crippen LogP contribution in [-0.2, 0) is 16.6 Å². The molecule has 0 fully saturated rings. The lowest BCUT2D eigenvalue weighted by molar-refractivity contribution is -0.138. The van der Waals surface area contributed by atoms with E-state index in [4.69, 9.17) is 5.11 Å². The fourth-order valence-corrected chi connectivity index (χ4v) is 3.60. The number of hydrogen-bond acceptors (Lipinski definition) is 2. The van der Waals surface area contributed by atoms with Crippen molar-refractivity contribution in [2.45, 2.75) is 37.0 Å². The maximum atomic E-state index is 10.9. The van der Waals surface area contributed by atoms with Gasteiger partial charge in [-0.3, -0.25) is 4.79 Å². The largest absolute Gasteiger partial charge is 0.481 e. The third-order valence-electron chi connectivity index (χ3n) is 3.04. The van der Waals surface area contributed by atoms with Crippen LogP contribution in [-0.4, -0.2) is 16.8 Å². The van der Waals surface area contributed by atoms with E-state index in [1.165, 1.54) is 16.0 Å². The van der Waals surface area contributed by atoms with Gasteiger partial charge >= 0.3 is 5.97 Å². The molecule has 1 aromatic rings. The Morgan fingerprint density at radius 1 is 1.50 bits per heavy atom. The predicted molar refractivity (Wildman–Crippen MR) is 66.1 cm³/mol. The van der Waals surface area contributed by atoms with Crippen LogP contribution in [0.15, 0.2) is 23.1 Å². The second-order valence-electron chi connectivity index (χ2n) is 4.85. The summed E-state index contributed by atoms with van der Waals surface area (Å²) in [5.74, 6) is 0.390. The van der Waals surface area contributed by atoms with Crippen molar-refractivity contribution in [3.8, 4) is 0 Å². The van der Waals surface area contributed by atoms with Crippen LogP contribution in [0.5, 0.6) is 0 Å². The number of aliphatic carboxylic acids is 1. The average molecular weight is 236 g/mol. The molecule has 0 saturated heterocycles. The number of thioether (sulfide) groups is 1. The highest BCUT2D eigenvalue weighted by Crippen LogP contribution is 2.40. The molecular formula is C13H16O2S. The van der Waals surface area contributed by atoms with Crippen molar-refractivity contribution >= 4 is 17.7 Å². The van der Waals surface area contributed by atoms with E-state index in [2.05, 4.69) is 12.1 Å². The van der Waals surface area contributed by atoms with Crippen molar-refractivity contribution in [1.29, 1.82) is 0 Å². The highest BCUT2D eigenvalue weighted by Gasteiger charge is 2.29. The normalized spacial score (nSPS) is 14.9. The topological polar surface area (TPSA) is 37.3 Å². The van der Waals surface area contributed by atoms with Crippen molar-refractivity contribution in [3.63, 3.8) is 0 Å². The minimum Gasteiger partial charge on any atom is -0.481 e. The van der Waals surface area contributed by atoms with Crippen LogP contribution in [0.25, 0.3) is 0 Å². The Labute approximate surface area is 100 Å². The second-order valence-corrected chi connectivity index (χ2v) is 5.95. The van der Waals surface area contributed by atoms with E-state index >= 15 is 0 Å². The van der Waals surface area contributed by atoms with Crippen molar-refractivity contribution in [1.82, 2.24) is 0 Å². The number of fused-ring (bicyclic) bond motifs is 1. The number of carbonyl (C=O) groups is 1. The molecule has 0 amide bonds. The summed E-state index contributed by atoms with van der Waals surface area (Å²) in [5.41, 5.74) is 2.28. The zero-order valence-corrected chi connectivity index (χ0v) is 10.4. The van der Waals surface area contributed by atoms with E-state index in [0.717, 1.165) is 12.2 Å². The van der Waals surface area contributed by atoms with Crippen molar-refractivity contribution in [2.24, 2.45) is 0 Å². The monoisotopic (exact) mass is 236 g/mol. The average Bonchev–Trinajstić information content (AvgIpc) is 2.62. The first-order chi connectivity index (χ1) is 7.50. The number of hydrogen-bond donors (Lipinski definition) is 1. The molecule has 0 aliphatic carbocycles. The van der Waals surface area contributed by atoms with E-state index in [1.807, 2.05) is 31.7 Å². The summed E-state index contributed by atoms with van der Waals surface area (Å²) < 4.78 is 0. The zero-order chi connectivity index (χ0) is 11.8. The number of benzene rings is 1. The van der Waals surface area contributed by atoms with Gasteiger partial charge in [-0.25, -0.2) is 0 Å². The zero-order valence-electron chi connectivity index (χ0n) is 9.62. The van der Waals surface area contributed by atoms with Gasteiger partial charge in [-0.2, -0.15) is 0 Å². The Balaban J connectivity index is 2.40. The van der Waals surface area contributed by atoms with Gasteiger partial charge in [0.2, 0.25) is 0 Å². The highest BCUT2D eigenvalue weighted by molar-refractivity contribution is 7.99. The highest BCUT2D eigenvalue weighted by atomic mass is 32.2. The molecule has 1 heterocycles. The van der Waals surface area contributed by atoms with E-state index in [9.17, 15) is 4.79 Å². The van der Waals surface area contributed by atoms with Crippen molar-refractivity contribution < 1.29 is 9.90 Å². The summed E-state index contributed by atoms with van der Waals surface area (Å²) >= 11 is 1.86. The maximum absolute atomic E-state index is 10.9. The van der Waals surface area contributed by atoms with Gasteiger partial charge in [0.1, 0.15) is 0 Å². The molecule has 86 valence electrons. The third-order valence-corrected chi connectivity index (χ3v) is 4.22. The smallest absolute Gasteiger partial charge is 0.304 e. The molecule has 2 nitrogen and oxygen atoms in total. The first kappa shape index (κ1) is 11.5. The molecule has 1 aliphatic heterocycles. The molecule has 1 N–H and O–H groups in total. The van der Waals surface area contributed by atoms with Gasteiger partial charge in [-0.15, -0.1) is 11.8 Å². The Morgan fingerprint density at radius 2 is 2.25 bits per heavy atom. The summed E-state index contributed by atoms with van der Waals surface area (Å²) in [6, 6.07) is 6.26. The molecule has 0 atom stereocenters. The number of carboxylic acids is 1. The SMILES string of the molecule is CC(C)(CC(=O)O)c1cccc2c1SCC2. The molecule has 1 aromatic carbocycles. The van der Waals surface area contributed by atoms with Crippen molar-refractivity contribution in [3.05, 3.63) is 29.3 Å². The summed E-state index contributed by atoms with van der Waals surface area (Å²) in [5, 5.41) is 8.95. The van der Waals surface area contributed by atoms with Crippen LogP contribution in [0.4, 0.5) is 0 Å². The van der Waals surface area contributed by atoms with E-state index in [1.54, 1.807) is 0 Å². The molecule has 3 heteroatoms. The fourth-order valence-electron chi connectivity index (χ4n) is 2.22. The first-order valence-corrected chi connectivity index (χ1v) is 6.46. The Kier molecular flexibility index (Phi) is 2.98. The van der Waals surface area contributed by atoms with E-state index in [-0.39, 0.29) is 11.8 Å². The van der Waals surface area contributed by atoms with Gasteiger partial charge in [0.25, 0.3) is 0 Å². The first-order valence-electron chi connectivity index (χ1n) is 5.48. The number of aryl methyl sites for hydroxylation is 1. The molecule has 16 heavy (non-hydrogen) atoms. The molecule has 0 bridgehead atoms. The molecule has 2 rings (SSSR count). The van der Waals surface area contributed by atoms with Gasteiger partial charge < -0.3 is 5.11 Å². The lowest BCUT2D eigenvalue weighted by atomic mass is 9.81. The van der Waals surface area contributed by atoms with Gasteiger partial charge in [0, 0.05) is 16.1 Å². The molecule has 0 saturated carbocycles. The molecule has 0 unspecified atom stereocenters. The number of carboxylic acid groups (broad SMARTS) is 1. The van der Waals surface area contributed by atoms with Crippen LogP contribution in [0.3, 0.4) is 0 Å². The van der Waals surface area contributed by atoms with Gasteiger partial charge in [-0.1, -0.05) is 32.0 Å². The van der Waals surface area contributed by atoms with E-state index < -0.39 is 5.97 Å². The second kappa shape index (κ2) is 4.13. The Bertz CT molecular complexity index is 424. The fraction of sp³-hybridized carbons (Fsp3) is 0.462. The Hall–Kier alpha value is -0.960. The summed E-state index contributed by atoms with van der Waals surface area (Å²) in [6.07, 6.45) is 1.29. The lowest BCUT2D eigenvalue weighted by Gasteiger charge is -2.25. The van der Waals surface area contributed by atoms with Gasteiger partial charge in [0.05, 0.1) is 6.42 Å². The molecule has 0 spiro atoms. The minimum absolute atomic E-state index is 0.185. The maximum Gasteiger partial charge on any atom is 0.304 e. The predicted octanol–water partition coefficient (Wildman–Crippen LogP) is 3.09. The summed E-state index contributed by atoms with van der Waals surface area (Å²) in [6.45, 7) is 4.02. The van der Waals surface area contributed by atoms with Gasteiger partial charge in [0.15, 0.2) is 0 Å². The molecule has 1 aliphatic rings. The standard InChI is InChI=1S/C13H16O2S/c1-13(2,8-11(14)15)10-5-3-4-9-6-7-16-12(9)10/h3-5H,6-8H2,1-2H3,(H,14,15).